The molecule has 0 bridgehead atoms. The van der Waals surface area contributed by atoms with Crippen molar-refractivity contribution in [3.63, 3.8) is 0 Å². The molecular formula is C23H21ClN4OS. The third-order valence-electron chi connectivity index (χ3n) is 5.13. The number of benzene rings is 2. The molecule has 0 atom stereocenters. The molecule has 1 amide bonds. The normalized spacial score (nSPS) is 10.9. The molecule has 2 aromatic heterocycles. The Kier molecular flexibility index (Phi) is 5.70. The fourth-order valence-corrected chi connectivity index (χ4v) is 4.39. The Labute approximate surface area is 184 Å². The number of fused-ring (bicyclic) bond motifs is 1. The molecule has 0 fully saturated rings. The second-order valence-corrected chi connectivity index (χ2v) is 8.48. The highest BCUT2D eigenvalue weighted by Gasteiger charge is 2.18. The van der Waals surface area contributed by atoms with Crippen molar-refractivity contribution in [2.45, 2.75) is 13.8 Å². The van der Waals surface area contributed by atoms with Crippen molar-refractivity contribution < 1.29 is 4.79 Å². The van der Waals surface area contributed by atoms with Gasteiger partial charge in [-0.1, -0.05) is 35.9 Å². The quantitative estimate of drug-likeness (QED) is 0.435. The number of hydrogen-bond donors (Lipinski definition) is 1. The molecule has 2 aromatic carbocycles. The topological polar surface area (TPSA) is 58.1 Å². The average molecular weight is 437 g/mol. The first-order valence-electron chi connectivity index (χ1n) is 9.49. The summed E-state index contributed by atoms with van der Waals surface area (Å²) in [6.45, 7) is 4.21. The molecule has 0 aliphatic rings. The van der Waals surface area contributed by atoms with E-state index in [0.717, 1.165) is 44.0 Å². The predicted octanol–water partition coefficient (Wildman–Crippen LogP) is 5.70. The van der Waals surface area contributed by atoms with Crippen LogP contribution in [-0.4, -0.2) is 29.5 Å². The van der Waals surface area contributed by atoms with Gasteiger partial charge in [0, 0.05) is 28.7 Å². The van der Waals surface area contributed by atoms with Crippen LogP contribution in [0.2, 0.25) is 5.02 Å². The lowest BCUT2D eigenvalue weighted by molar-refractivity contribution is -0.114. The molecule has 0 saturated carbocycles. The molecule has 30 heavy (non-hydrogen) atoms. The number of hydrogen-bond acceptors (Lipinski definition) is 5. The van der Waals surface area contributed by atoms with Gasteiger partial charge in [-0.3, -0.25) is 4.79 Å². The van der Waals surface area contributed by atoms with Crippen molar-refractivity contribution >= 4 is 50.6 Å². The van der Waals surface area contributed by atoms with E-state index in [1.807, 2.05) is 68.3 Å². The summed E-state index contributed by atoms with van der Waals surface area (Å²) in [7, 11) is 1.87. The maximum Gasteiger partial charge on any atom is 0.243 e. The van der Waals surface area contributed by atoms with Gasteiger partial charge in [0.05, 0.1) is 11.9 Å². The Bertz CT molecular complexity index is 1220. The Morgan fingerprint density at radius 2 is 1.90 bits per heavy atom. The molecule has 4 aromatic rings. The number of rotatable bonds is 5. The maximum atomic E-state index is 12.7. The molecule has 0 aliphatic carbocycles. The van der Waals surface area contributed by atoms with E-state index in [1.54, 1.807) is 17.7 Å². The molecule has 2 heterocycles. The molecule has 0 aliphatic heterocycles. The summed E-state index contributed by atoms with van der Waals surface area (Å²) < 4.78 is 0. The number of amides is 1. The fraction of sp³-hybridized carbons (Fsp3) is 0.174. The van der Waals surface area contributed by atoms with Gasteiger partial charge in [0.15, 0.2) is 0 Å². The predicted molar refractivity (Wildman–Crippen MR) is 126 cm³/mol. The van der Waals surface area contributed by atoms with Gasteiger partial charge < -0.3 is 10.2 Å². The summed E-state index contributed by atoms with van der Waals surface area (Å²) in [5, 5.41) is 6.70. The molecule has 0 saturated heterocycles. The summed E-state index contributed by atoms with van der Waals surface area (Å²) in [6, 6.07) is 13.6. The number of thiophene rings is 1. The minimum Gasteiger partial charge on any atom is -0.350 e. The van der Waals surface area contributed by atoms with Crippen molar-refractivity contribution in [2.24, 2.45) is 0 Å². The number of aromatic nitrogens is 2. The molecule has 0 unspecified atom stereocenters. The largest absolute Gasteiger partial charge is 0.350 e. The van der Waals surface area contributed by atoms with Crippen LogP contribution in [0.4, 0.5) is 11.5 Å². The summed E-state index contributed by atoms with van der Waals surface area (Å²) in [5.74, 6) is 0.628. The lowest BCUT2D eigenvalue weighted by Crippen LogP contribution is -2.31. The van der Waals surface area contributed by atoms with Crippen LogP contribution in [0.25, 0.3) is 21.3 Å². The Balaban J connectivity index is 1.62. The van der Waals surface area contributed by atoms with Gasteiger partial charge in [0.1, 0.15) is 17.0 Å². The number of nitrogens with one attached hydrogen (secondary N) is 1. The number of carbonyl (C=O) groups is 1. The van der Waals surface area contributed by atoms with Gasteiger partial charge >= 0.3 is 0 Å². The van der Waals surface area contributed by atoms with Crippen LogP contribution >= 0.6 is 22.9 Å². The van der Waals surface area contributed by atoms with E-state index in [4.69, 9.17) is 11.6 Å². The standard InChI is InChI=1S/C23H21ClN4OS/c1-14-5-4-6-19(15(14)2)27-20(29)11-28(3)22-21-18(12-30-23(21)26-13-25-22)16-7-9-17(24)10-8-16/h4-10,12-13H,11H2,1-3H3,(H,27,29). The van der Waals surface area contributed by atoms with Crippen molar-refractivity contribution in [1.82, 2.24) is 9.97 Å². The van der Waals surface area contributed by atoms with Crippen LogP contribution in [0.1, 0.15) is 11.1 Å². The molecule has 0 radical (unpaired) electrons. The molecule has 4 rings (SSSR count). The first-order valence-corrected chi connectivity index (χ1v) is 10.7. The van der Waals surface area contributed by atoms with Crippen LogP contribution < -0.4 is 10.2 Å². The first kappa shape index (κ1) is 20.3. The number of aryl methyl sites for hydroxylation is 1. The number of anilines is 2. The molecular weight excluding hydrogens is 416 g/mol. The zero-order valence-electron chi connectivity index (χ0n) is 16.9. The van der Waals surface area contributed by atoms with E-state index < -0.39 is 0 Å². The van der Waals surface area contributed by atoms with Gasteiger partial charge in [0.2, 0.25) is 5.91 Å². The third-order valence-corrected chi connectivity index (χ3v) is 6.26. The van der Waals surface area contributed by atoms with E-state index in [-0.39, 0.29) is 12.5 Å². The van der Waals surface area contributed by atoms with Crippen molar-refractivity contribution in [2.75, 3.05) is 23.8 Å². The lowest BCUT2D eigenvalue weighted by atomic mass is 10.1. The van der Waals surface area contributed by atoms with E-state index in [9.17, 15) is 4.79 Å². The van der Waals surface area contributed by atoms with Crippen LogP contribution in [0.3, 0.4) is 0 Å². The van der Waals surface area contributed by atoms with Gasteiger partial charge in [-0.2, -0.15) is 0 Å². The fourth-order valence-electron chi connectivity index (χ4n) is 3.36. The second kappa shape index (κ2) is 8.42. The van der Waals surface area contributed by atoms with Crippen LogP contribution in [0.5, 0.6) is 0 Å². The minimum absolute atomic E-state index is 0.0961. The number of carbonyl (C=O) groups excluding carboxylic acids is 1. The average Bonchev–Trinajstić information content (AvgIpc) is 3.16. The Morgan fingerprint density at radius 1 is 1.13 bits per heavy atom. The molecule has 152 valence electrons. The van der Waals surface area contributed by atoms with Crippen LogP contribution in [-0.2, 0) is 4.79 Å². The van der Waals surface area contributed by atoms with Gasteiger partial charge in [-0.05, 0) is 48.7 Å². The number of halogens is 1. The Hall–Kier alpha value is -2.96. The van der Waals surface area contributed by atoms with E-state index in [2.05, 4.69) is 20.7 Å². The first-order chi connectivity index (χ1) is 14.4. The maximum absolute atomic E-state index is 12.7. The van der Waals surface area contributed by atoms with Crippen molar-refractivity contribution in [1.29, 1.82) is 0 Å². The second-order valence-electron chi connectivity index (χ2n) is 7.19. The highest BCUT2D eigenvalue weighted by molar-refractivity contribution is 7.17. The monoisotopic (exact) mass is 436 g/mol. The molecule has 0 spiro atoms. The molecule has 7 heteroatoms. The molecule has 1 N–H and O–H groups in total. The van der Waals surface area contributed by atoms with Gasteiger partial charge in [-0.25, -0.2) is 9.97 Å². The van der Waals surface area contributed by atoms with Crippen LogP contribution in [0.15, 0.2) is 54.2 Å². The zero-order chi connectivity index (χ0) is 21.3. The van der Waals surface area contributed by atoms with Gasteiger partial charge in [0.25, 0.3) is 0 Å². The number of nitrogens with zero attached hydrogens (tertiary/aromatic N) is 3. The number of likely N-dealkylation sites (N-methyl/N-ethyl adjacent to an activating group) is 1. The summed E-state index contributed by atoms with van der Waals surface area (Å²) in [4.78, 5) is 24.4. The van der Waals surface area contributed by atoms with E-state index in [0.29, 0.717) is 5.02 Å². The lowest BCUT2D eigenvalue weighted by Gasteiger charge is -2.19. The highest BCUT2D eigenvalue weighted by atomic mass is 35.5. The zero-order valence-corrected chi connectivity index (χ0v) is 18.5. The van der Waals surface area contributed by atoms with E-state index in [1.165, 1.54) is 0 Å². The van der Waals surface area contributed by atoms with Gasteiger partial charge in [-0.15, -0.1) is 11.3 Å². The minimum atomic E-state index is -0.0961. The summed E-state index contributed by atoms with van der Waals surface area (Å²) in [5.41, 5.74) is 5.11. The third kappa shape index (κ3) is 4.01. The summed E-state index contributed by atoms with van der Waals surface area (Å²) in [6.07, 6.45) is 1.54. The van der Waals surface area contributed by atoms with Crippen LogP contribution in [0, 0.1) is 13.8 Å². The van der Waals surface area contributed by atoms with Crippen molar-refractivity contribution in [3.8, 4) is 11.1 Å². The summed E-state index contributed by atoms with van der Waals surface area (Å²) >= 11 is 7.60. The Morgan fingerprint density at radius 3 is 2.67 bits per heavy atom. The highest BCUT2D eigenvalue weighted by Crippen LogP contribution is 2.37. The SMILES string of the molecule is Cc1cccc(NC(=O)CN(C)c2ncnc3scc(-c4ccc(Cl)cc4)c23)c1C. The smallest absolute Gasteiger partial charge is 0.243 e. The van der Waals surface area contributed by atoms with E-state index >= 15 is 0 Å². The van der Waals surface area contributed by atoms with Crippen molar-refractivity contribution in [3.05, 3.63) is 70.3 Å². The molecule has 5 nitrogen and oxygen atoms in total.